The van der Waals surface area contributed by atoms with Crippen molar-refractivity contribution in [2.45, 2.75) is 43.6 Å². The van der Waals surface area contributed by atoms with Crippen LogP contribution in [0, 0.1) is 0 Å². The Labute approximate surface area is 110 Å². The Hall–Kier alpha value is -0.840. The quantitative estimate of drug-likeness (QED) is 0.781. The van der Waals surface area contributed by atoms with Crippen molar-refractivity contribution in [1.29, 1.82) is 0 Å². The van der Waals surface area contributed by atoms with Crippen LogP contribution in [-0.2, 0) is 18.4 Å². The molecule has 0 spiro atoms. The summed E-state index contributed by atoms with van der Waals surface area (Å²) in [5.74, 6) is 1.14. The zero-order valence-corrected chi connectivity index (χ0v) is 11.9. The number of rotatable bonds is 5. The molecule has 1 heterocycles. The molecule has 4 nitrogen and oxygen atoms in total. The van der Waals surface area contributed by atoms with Crippen molar-refractivity contribution in [2.75, 3.05) is 0 Å². The molecule has 0 aromatic carbocycles. The minimum atomic E-state index is -0.0663. The normalized spacial score (nSPS) is 16.9. The van der Waals surface area contributed by atoms with Crippen LogP contribution in [0.4, 0.5) is 0 Å². The molecular formula is C12H18BrN3O. The van der Waals surface area contributed by atoms with Crippen LogP contribution in [-0.4, -0.2) is 31.2 Å². The summed E-state index contributed by atoms with van der Waals surface area (Å²) in [7, 11) is 1.96. The molecule has 1 atom stereocenters. The Morgan fingerprint density at radius 1 is 1.71 bits per heavy atom. The molecule has 1 aromatic rings. The van der Waals surface area contributed by atoms with E-state index in [1.165, 1.54) is 0 Å². The fourth-order valence-corrected chi connectivity index (χ4v) is 2.09. The molecule has 5 heteroatoms. The molecule has 94 valence electrons. The van der Waals surface area contributed by atoms with E-state index in [2.05, 4.69) is 20.9 Å². The molecule has 1 unspecified atom stereocenters. The van der Waals surface area contributed by atoms with Crippen LogP contribution >= 0.6 is 15.9 Å². The molecule has 0 N–H and O–H groups in total. The SMILES string of the molecule is CCC(Br)C(=O)N(Cc1nccn1C)C1CC1. The van der Waals surface area contributed by atoms with Crippen molar-refractivity contribution >= 4 is 21.8 Å². The number of amides is 1. The number of halogens is 1. The number of aryl methyl sites for hydroxylation is 1. The highest BCUT2D eigenvalue weighted by molar-refractivity contribution is 9.10. The average Bonchev–Trinajstić information content (AvgIpc) is 3.09. The summed E-state index contributed by atoms with van der Waals surface area (Å²) in [6.07, 6.45) is 6.76. The lowest BCUT2D eigenvalue weighted by Gasteiger charge is -2.24. The van der Waals surface area contributed by atoms with E-state index in [1.807, 2.05) is 29.6 Å². The Bertz CT molecular complexity index is 400. The first-order valence-electron chi connectivity index (χ1n) is 6.04. The fraction of sp³-hybridized carbons (Fsp3) is 0.667. The lowest BCUT2D eigenvalue weighted by Crippen LogP contribution is -2.38. The molecule has 1 aromatic heterocycles. The van der Waals surface area contributed by atoms with Gasteiger partial charge in [-0.25, -0.2) is 4.98 Å². The predicted molar refractivity (Wildman–Crippen MR) is 69.8 cm³/mol. The third-order valence-corrected chi connectivity index (χ3v) is 4.17. The number of imidazole rings is 1. The van der Waals surface area contributed by atoms with E-state index >= 15 is 0 Å². The van der Waals surface area contributed by atoms with E-state index in [0.29, 0.717) is 12.6 Å². The zero-order valence-electron chi connectivity index (χ0n) is 10.3. The molecule has 1 fully saturated rings. The monoisotopic (exact) mass is 299 g/mol. The minimum Gasteiger partial charge on any atom is -0.337 e. The largest absolute Gasteiger partial charge is 0.337 e. The summed E-state index contributed by atoms with van der Waals surface area (Å²) in [6, 6.07) is 0.422. The third-order valence-electron chi connectivity index (χ3n) is 3.13. The molecule has 2 rings (SSSR count). The molecule has 0 radical (unpaired) electrons. The van der Waals surface area contributed by atoms with Crippen LogP contribution in [0.5, 0.6) is 0 Å². The third kappa shape index (κ3) is 2.89. The maximum Gasteiger partial charge on any atom is 0.236 e. The van der Waals surface area contributed by atoms with E-state index in [4.69, 9.17) is 0 Å². The highest BCUT2D eigenvalue weighted by atomic mass is 79.9. The van der Waals surface area contributed by atoms with Crippen LogP contribution in [0.2, 0.25) is 0 Å². The van der Waals surface area contributed by atoms with Crippen molar-refractivity contribution in [1.82, 2.24) is 14.5 Å². The van der Waals surface area contributed by atoms with Crippen molar-refractivity contribution in [3.8, 4) is 0 Å². The number of carbonyl (C=O) groups is 1. The second kappa shape index (κ2) is 5.21. The lowest BCUT2D eigenvalue weighted by molar-refractivity contribution is -0.131. The van der Waals surface area contributed by atoms with Gasteiger partial charge in [-0.2, -0.15) is 0 Å². The highest BCUT2D eigenvalue weighted by Crippen LogP contribution is 2.29. The van der Waals surface area contributed by atoms with Gasteiger partial charge in [0.15, 0.2) is 0 Å². The van der Waals surface area contributed by atoms with Crippen molar-refractivity contribution in [2.24, 2.45) is 7.05 Å². The lowest BCUT2D eigenvalue weighted by atomic mass is 10.3. The van der Waals surface area contributed by atoms with E-state index in [0.717, 1.165) is 25.1 Å². The number of nitrogens with zero attached hydrogens (tertiary/aromatic N) is 3. The van der Waals surface area contributed by atoms with Crippen LogP contribution in [0.1, 0.15) is 32.0 Å². The number of carbonyl (C=O) groups excluding carboxylic acids is 1. The molecule has 0 saturated heterocycles. The van der Waals surface area contributed by atoms with Gasteiger partial charge in [0.1, 0.15) is 5.82 Å². The minimum absolute atomic E-state index is 0.0663. The van der Waals surface area contributed by atoms with Gasteiger partial charge in [0.2, 0.25) is 5.91 Å². The van der Waals surface area contributed by atoms with Crippen LogP contribution in [0.15, 0.2) is 12.4 Å². The van der Waals surface area contributed by atoms with Gasteiger partial charge < -0.3 is 9.47 Å². The smallest absolute Gasteiger partial charge is 0.236 e. The van der Waals surface area contributed by atoms with Gasteiger partial charge in [0, 0.05) is 25.5 Å². The van der Waals surface area contributed by atoms with E-state index < -0.39 is 0 Å². The summed E-state index contributed by atoms with van der Waals surface area (Å²) >= 11 is 3.44. The maximum atomic E-state index is 12.2. The first kappa shape index (κ1) is 12.6. The van der Waals surface area contributed by atoms with E-state index in [-0.39, 0.29) is 10.7 Å². The van der Waals surface area contributed by atoms with E-state index in [1.54, 1.807) is 6.20 Å². The van der Waals surface area contributed by atoms with Gasteiger partial charge in [-0.1, -0.05) is 22.9 Å². The molecule has 0 aliphatic heterocycles. The number of alkyl halides is 1. The Kier molecular flexibility index (Phi) is 3.86. The zero-order chi connectivity index (χ0) is 12.4. The molecule has 1 aliphatic rings. The van der Waals surface area contributed by atoms with Crippen molar-refractivity contribution < 1.29 is 4.79 Å². The van der Waals surface area contributed by atoms with Gasteiger partial charge >= 0.3 is 0 Å². The Balaban J connectivity index is 2.08. The molecule has 1 aliphatic carbocycles. The summed E-state index contributed by atoms with van der Waals surface area (Å²) in [5.41, 5.74) is 0. The highest BCUT2D eigenvalue weighted by Gasteiger charge is 2.35. The summed E-state index contributed by atoms with van der Waals surface area (Å²) in [6.45, 7) is 2.64. The number of hydrogen-bond acceptors (Lipinski definition) is 2. The molecular weight excluding hydrogens is 282 g/mol. The fourth-order valence-electron chi connectivity index (χ4n) is 1.83. The maximum absolute atomic E-state index is 12.2. The van der Waals surface area contributed by atoms with Gasteiger partial charge in [0.25, 0.3) is 0 Å². The van der Waals surface area contributed by atoms with Gasteiger partial charge in [0.05, 0.1) is 11.4 Å². The summed E-state index contributed by atoms with van der Waals surface area (Å²) in [4.78, 5) is 18.4. The van der Waals surface area contributed by atoms with Crippen LogP contribution in [0.3, 0.4) is 0 Å². The Morgan fingerprint density at radius 2 is 2.41 bits per heavy atom. The topological polar surface area (TPSA) is 38.1 Å². The first-order chi connectivity index (χ1) is 8.13. The van der Waals surface area contributed by atoms with Crippen molar-refractivity contribution in [3.63, 3.8) is 0 Å². The van der Waals surface area contributed by atoms with Crippen LogP contribution < -0.4 is 0 Å². The molecule has 1 amide bonds. The van der Waals surface area contributed by atoms with E-state index in [9.17, 15) is 4.79 Å². The average molecular weight is 300 g/mol. The second-order valence-corrected chi connectivity index (χ2v) is 5.63. The van der Waals surface area contributed by atoms with Crippen LogP contribution in [0.25, 0.3) is 0 Å². The summed E-state index contributed by atoms with van der Waals surface area (Å²) in [5, 5.41) is 0. The molecule has 1 saturated carbocycles. The second-order valence-electron chi connectivity index (χ2n) is 4.53. The number of aromatic nitrogens is 2. The predicted octanol–water partition coefficient (Wildman–Crippen LogP) is 2.08. The molecule has 17 heavy (non-hydrogen) atoms. The first-order valence-corrected chi connectivity index (χ1v) is 6.95. The standard InChI is InChI=1S/C12H18BrN3O/c1-3-10(13)12(17)16(9-4-5-9)8-11-14-6-7-15(11)2/h6-7,9-10H,3-5,8H2,1-2H3. The Morgan fingerprint density at radius 3 is 2.88 bits per heavy atom. The number of hydrogen-bond donors (Lipinski definition) is 0. The summed E-state index contributed by atoms with van der Waals surface area (Å²) < 4.78 is 1.97. The van der Waals surface area contributed by atoms with Crippen molar-refractivity contribution in [3.05, 3.63) is 18.2 Å². The molecule has 0 bridgehead atoms. The van der Waals surface area contributed by atoms with Gasteiger partial charge in [-0.3, -0.25) is 4.79 Å². The van der Waals surface area contributed by atoms with Gasteiger partial charge in [-0.15, -0.1) is 0 Å². The van der Waals surface area contributed by atoms with Gasteiger partial charge in [-0.05, 0) is 19.3 Å².